The lowest BCUT2D eigenvalue weighted by Gasteiger charge is -2.22. The van der Waals surface area contributed by atoms with Gasteiger partial charge in [0.25, 0.3) is 11.5 Å². The van der Waals surface area contributed by atoms with Crippen LogP contribution in [-0.2, 0) is 0 Å². The third-order valence-electron chi connectivity index (χ3n) is 3.78. The number of aliphatic hydroxyl groups excluding tert-OH is 1. The van der Waals surface area contributed by atoms with Gasteiger partial charge in [-0.1, -0.05) is 0 Å². The number of thiophene rings is 1. The maximum Gasteiger partial charge on any atom is 0.264 e. The Balaban J connectivity index is 2.06. The number of aryl methyl sites for hydroxylation is 1. The van der Waals surface area contributed by atoms with E-state index < -0.39 is 0 Å². The molecular weight excluding hydrogens is 278 g/mol. The topological polar surface area (TPSA) is 86.3 Å². The Bertz CT molecular complexity index is 721. The maximum atomic E-state index is 12.6. The van der Waals surface area contributed by atoms with E-state index in [1.54, 1.807) is 11.8 Å². The van der Waals surface area contributed by atoms with Gasteiger partial charge in [-0.25, -0.2) is 4.98 Å². The first kappa shape index (κ1) is 13.3. The first-order valence-electron chi connectivity index (χ1n) is 6.52. The Morgan fingerprint density at radius 2 is 2.45 bits per heavy atom. The summed E-state index contributed by atoms with van der Waals surface area (Å²) in [5.74, 6) is -0.110. The number of carbonyl (C=O) groups excluding carboxylic acids is 1. The molecule has 2 N–H and O–H groups in total. The summed E-state index contributed by atoms with van der Waals surface area (Å²) in [6.07, 6.45) is 3.08. The second-order valence-electron chi connectivity index (χ2n) is 4.95. The number of aromatic amines is 1. The van der Waals surface area contributed by atoms with Gasteiger partial charge in [-0.05, 0) is 25.3 Å². The number of fused-ring (bicyclic) bond motifs is 1. The van der Waals surface area contributed by atoms with Crippen LogP contribution in [0.1, 0.15) is 28.1 Å². The molecule has 1 fully saturated rings. The number of carbonyl (C=O) groups is 1. The van der Waals surface area contributed by atoms with Crippen molar-refractivity contribution in [2.24, 2.45) is 0 Å². The number of aromatic nitrogens is 2. The Morgan fingerprint density at radius 1 is 1.65 bits per heavy atom. The summed E-state index contributed by atoms with van der Waals surface area (Å²) in [6, 6.07) is -0.113. The van der Waals surface area contributed by atoms with E-state index in [1.165, 1.54) is 17.7 Å². The van der Waals surface area contributed by atoms with Gasteiger partial charge in [0, 0.05) is 6.54 Å². The molecule has 3 heterocycles. The zero-order valence-corrected chi connectivity index (χ0v) is 11.9. The number of amides is 1. The van der Waals surface area contributed by atoms with Gasteiger partial charge in [0.05, 0.1) is 29.2 Å². The minimum Gasteiger partial charge on any atom is -0.394 e. The number of likely N-dealkylation sites (tertiary alicyclic amines) is 1. The third-order valence-corrected chi connectivity index (χ3v) is 4.96. The van der Waals surface area contributed by atoms with E-state index in [4.69, 9.17) is 0 Å². The summed E-state index contributed by atoms with van der Waals surface area (Å²) < 4.78 is 0. The van der Waals surface area contributed by atoms with Gasteiger partial charge in [-0.15, -0.1) is 11.3 Å². The molecule has 2 aromatic rings. The standard InChI is InChI=1S/C13H15N3O3S/c1-7-9-11(18)14-6-15-12(9)20-10(7)13(19)16-4-2-3-8(16)5-17/h6,8,17H,2-5H2,1H3,(H,14,15,18)/t8-/m1/s1. The Morgan fingerprint density at radius 3 is 3.15 bits per heavy atom. The minimum atomic E-state index is -0.220. The van der Waals surface area contributed by atoms with Crippen molar-refractivity contribution in [2.75, 3.05) is 13.2 Å². The summed E-state index contributed by atoms with van der Waals surface area (Å²) in [7, 11) is 0. The van der Waals surface area contributed by atoms with Gasteiger partial charge in [-0.2, -0.15) is 0 Å². The highest BCUT2D eigenvalue weighted by atomic mass is 32.1. The second kappa shape index (κ2) is 4.99. The van der Waals surface area contributed by atoms with Crippen LogP contribution in [0.15, 0.2) is 11.1 Å². The number of H-pyrrole nitrogens is 1. The molecule has 1 atom stereocenters. The Kier molecular flexibility index (Phi) is 3.31. The van der Waals surface area contributed by atoms with E-state index in [-0.39, 0.29) is 24.1 Å². The fourth-order valence-electron chi connectivity index (χ4n) is 2.71. The smallest absolute Gasteiger partial charge is 0.264 e. The molecular formula is C13H15N3O3S. The van der Waals surface area contributed by atoms with E-state index in [2.05, 4.69) is 9.97 Å². The lowest BCUT2D eigenvalue weighted by atomic mass is 10.2. The molecule has 0 unspecified atom stereocenters. The average Bonchev–Trinajstić information content (AvgIpc) is 3.03. The number of aliphatic hydroxyl groups is 1. The van der Waals surface area contributed by atoms with Gasteiger partial charge in [0.2, 0.25) is 0 Å². The lowest BCUT2D eigenvalue weighted by Crippen LogP contribution is -2.37. The van der Waals surface area contributed by atoms with Crippen molar-refractivity contribution in [3.63, 3.8) is 0 Å². The van der Waals surface area contributed by atoms with Crippen molar-refractivity contribution in [1.82, 2.24) is 14.9 Å². The number of nitrogens with zero attached hydrogens (tertiary/aromatic N) is 2. The second-order valence-corrected chi connectivity index (χ2v) is 5.94. The van der Waals surface area contributed by atoms with Gasteiger partial charge < -0.3 is 15.0 Å². The lowest BCUT2D eigenvalue weighted by molar-refractivity contribution is 0.0682. The predicted octanol–water partition coefficient (Wildman–Crippen LogP) is 0.890. The molecule has 2 aromatic heterocycles. The SMILES string of the molecule is Cc1c(C(=O)N2CCC[C@@H]2CO)sc2nc[nH]c(=O)c12. The molecule has 1 saturated heterocycles. The molecule has 0 saturated carbocycles. The van der Waals surface area contributed by atoms with Crippen LogP contribution >= 0.6 is 11.3 Å². The molecule has 0 radical (unpaired) electrons. The molecule has 1 aliphatic rings. The third kappa shape index (κ3) is 1.94. The van der Waals surface area contributed by atoms with Gasteiger partial charge >= 0.3 is 0 Å². The first-order valence-corrected chi connectivity index (χ1v) is 7.33. The maximum absolute atomic E-state index is 12.6. The minimum absolute atomic E-state index is 0.0193. The molecule has 20 heavy (non-hydrogen) atoms. The molecule has 1 amide bonds. The highest BCUT2D eigenvalue weighted by molar-refractivity contribution is 7.20. The fraction of sp³-hybridized carbons (Fsp3) is 0.462. The van der Waals surface area contributed by atoms with E-state index in [9.17, 15) is 14.7 Å². The van der Waals surface area contributed by atoms with Crippen LogP contribution in [0.5, 0.6) is 0 Å². The number of nitrogens with one attached hydrogen (secondary N) is 1. The highest BCUT2D eigenvalue weighted by Crippen LogP contribution is 2.30. The van der Waals surface area contributed by atoms with Crippen LogP contribution in [-0.4, -0.2) is 45.1 Å². The van der Waals surface area contributed by atoms with E-state index in [0.717, 1.165) is 12.8 Å². The first-order chi connectivity index (χ1) is 9.63. The summed E-state index contributed by atoms with van der Waals surface area (Å²) in [6.45, 7) is 2.41. The normalized spacial score (nSPS) is 18.9. The van der Waals surface area contributed by atoms with Crippen LogP contribution in [0.3, 0.4) is 0 Å². The van der Waals surface area contributed by atoms with Crippen LogP contribution < -0.4 is 5.56 Å². The average molecular weight is 293 g/mol. The molecule has 0 aliphatic carbocycles. The van der Waals surface area contributed by atoms with Crippen LogP contribution in [0.25, 0.3) is 10.2 Å². The molecule has 0 bridgehead atoms. The highest BCUT2D eigenvalue weighted by Gasteiger charge is 2.31. The fourth-order valence-corrected chi connectivity index (χ4v) is 3.81. The largest absolute Gasteiger partial charge is 0.394 e. The van der Waals surface area contributed by atoms with Gasteiger partial charge in [-0.3, -0.25) is 9.59 Å². The summed E-state index contributed by atoms with van der Waals surface area (Å²) in [4.78, 5) is 33.9. The summed E-state index contributed by atoms with van der Waals surface area (Å²) in [5.41, 5.74) is 0.455. The van der Waals surface area contributed by atoms with Crippen LogP contribution in [0, 0.1) is 6.92 Å². The van der Waals surface area contributed by atoms with Crippen molar-refractivity contribution in [3.05, 3.63) is 27.1 Å². The van der Waals surface area contributed by atoms with Crippen molar-refractivity contribution in [2.45, 2.75) is 25.8 Å². The molecule has 1 aliphatic heterocycles. The van der Waals surface area contributed by atoms with E-state index in [1.807, 2.05) is 0 Å². The molecule has 0 spiro atoms. The van der Waals surface area contributed by atoms with Crippen molar-refractivity contribution in [3.8, 4) is 0 Å². The van der Waals surface area contributed by atoms with E-state index >= 15 is 0 Å². The quantitative estimate of drug-likeness (QED) is 0.861. The van der Waals surface area contributed by atoms with Crippen LogP contribution in [0.2, 0.25) is 0 Å². The number of hydrogen-bond donors (Lipinski definition) is 2. The van der Waals surface area contributed by atoms with Gasteiger partial charge in [0.15, 0.2) is 0 Å². The Hall–Kier alpha value is -1.73. The van der Waals surface area contributed by atoms with Gasteiger partial charge in [0.1, 0.15) is 4.83 Å². The molecule has 0 aromatic carbocycles. The molecule has 3 rings (SSSR count). The zero-order valence-electron chi connectivity index (χ0n) is 11.0. The summed E-state index contributed by atoms with van der Waals surface area (Å²) >= 11 is 1.24. The molecule has 106 valence electrons. The van der Waals surface area contributed by atoms with Crippen molar-refractivity contribution < 1.29 is 9.90 Å². The zero-order chi connectivity index (χ0) is 14.3. The van der Waals surface area contributed by atoms with Crippen molar-refractivity contribution in [1.29, 1.82) is 0 Å². The Labute approximate surface area is 119 Å². The number of hydrogen-bond acceptors (Lipinski definition) is 5. The summed E-state index contributed by atoms with van der Waals surface area (Å²) in [5, 5.41) is 9.81. The van der Waals surface area contributed by atoms with Crippen molar-refractivity contribution >= 4 is 27.5 Å². The predicted molar refractivity (Wildman–Crippen MR) is 76.1 cm³/mol. The van der Waals surface area contributed by atoms with E-state index in [0.29, 0.717) is 27.2 Å². The monoisotopic (exact) mass is 293 g/mol. The molecule has 7 heteroatoms. The van der Waals surface area contributed by atoms with Crippen LogP contribution in [0.4, 0.5) is 0 Å². The molecule has 6 nitrogen and oxygen atoms in total. The number of rotatable bonds is 2.